The van der Waals surface area contributed by atoms with E-state index in [0.29, 0.717) is 12.0 Å². The molecule has 0 heterocycles. The summed E-state index contributed by atoms with van der Waals surface area (Å²) in [4.78, 5) is 10.9. The van der Waals surface area contributed by atoms with Crippen molar-refractivity contribution in [1.29, 1.82) is 0 Å². The van der Waals surface area contributed by atoms with Gasteiger partial charge in [-0.05, 0) is 58.4 Å². The number of hydrogen-bond donors (Lipinski definition) is 4. The van der Waals surface area contributed by atoms with Gasteiger partial charge in [0, 0.05) is 26.6 Å². The minimum atomic E-state index is -4.77. The van der Waals surface area contributed by atoms with Crippen molar-refractivity contribution < 1.29 is 27.8 Å². The fourth-order valence-electron chi connectivity index (χ4n) is 2.53. The minimum absolute atomic E-state index is 0.171. The predicted molar refractivity (Wildman–Crippen MR) is 142 cm³/mol. The summed E-state index contributed by atoms with van der Waals surface area (Å²) in [5, 5.41) is 14.7. The van der Waals surface area contributed by atoms with E-state index in [0.717, 1.165) is 7.11 Å². The van der Waals surface area contributed by atoms with Crippen LogP contribution in [0.2, 0.25) is 0 Å². The number of rotatable bonds is 7. The van der Waals surface area contributed by atoms with Gasteiger partial charge in [-0.2, -0.15) is 13.2 Å². The van der Waals surface area contributed by atoms with Crippen LogP contribution in [-0.2, 0) is 16.8 Å². The third-order valence-electron chi connectivity index (χ3n) is 4.38. The number of aliphatic hydroxyl groups excluding tert-OH is 1. The van der Waals surface area contributed by atoms with Crippen LogP contribution in [0.1, 0.15) is 65.0 Å². The van der Waals surface area contributed by atoms with E-state index in [9.17, 15) is 23.1 Å². The molecule has 0 aliphatic carbocycles. The van der Waals surface area contributed by atoms with Crippen LogP contribution in [0.5, 0.6) is 0 Å². The second kappa shape index (κ2) is 17.3. The van der Waals surface area contributed by atoms with Gasteiger partial charge in [0.2, 0.25) is 0 Å². The van der Waals surface area contributed by atoms with Gasteiger partial charge in [-0.25, -0.2) is 4.79 Å². The molecule has 0 unspecified atom stereocenters. The molecule has 1 rings (SSSR count). The van der Waals surface area contributed by atoms with Crippen LogP contribution in [-0.4, -0.2) is 30.7 Å². The van der Waals surface area contributed by atoms with Gasteiger partial charge in [-0.15, -0.1) is 0 Å². The van der Waals surface area contributed by atoms with Gasteiger partial charge in [0.25, 0.3) is 0 Å². The van der Waals surface area contributed by atoms with Crippen LogP contribution in [0.25, 0.3) is 0 Å². The smallest absolute Gasteiger partial charge is 0.423 e. The van der Waals surface area contributed by atoms with E-state index in [1.54, 1.807) is 8.93 Å². The number of benzene rings is 1. The van der Waals surface area contributed by atoms with Gasteiger partial charge in [-0.3, -0.25) is 5.32 Å². The molecule has 0 radical (unpaired) electrons. The van der Waals surface area contributed by atoms with E-state index in [-0.39, 0.29) is 17.4 Å². The highest BCUT2D eigenvalue weighted by molar-refractivity contribution is 14.2. The summed E-state index contributed by atoms with van der Waals surface area (Å²) >= 11 is 2.20. The molecule has 1 amide bonds. The minimum Gasteiger partial charge on any atom is -0.453 e. The number of carbonyl (C=O) groups is 1. The van der Waals surface area contributed by atoms with Crippen molar-refractivity contribution in [3.05, 3.63) is 35.4 Å². The van der Waals surface area contributed by atoms with Crippen LogP contribution >= 0.6 is 30.1 Å². The quantitative estimate of drug-likeness (QED) is 0.174. The number of halogens is 4. The van der Waals surface area contributed by atoms with Crippen LogP contribution in [0.15, 0.2) is 24.3 Å². The second-order valence-electron chi connectivity index (χ2n) is 7.69. The Morgan fingerprint density at radius 2 is 1.76 bits per heavy atom. The summed E-state index contributed by atoms with van der Waals surface area (Å²) in [7, 11) is 2.72. The number of aliphatic hydroxyl groups is 1. The fraction of sp³-hybridized carbons (Fsp3) is 0.609. The Bertz CT molecular complexity index is 765. The Hall–Kier alpha value is -1.20. The van der Waals surface area contributed by atoms with E-state index in [1.165, 1.54) is 37.1 Å². The van der Waals surface area contributed by atoms with Gasteiger partial charge in [0.1, 0.15) is 6.23 Å². The number of nitrogens with two attached hydrogens (primary N) is 2. The van der Waals surface area contributed by atoms with Crippen molar-refractivity contribution in [2.24, 2.45) is 16.9 Å². The second-order valence-corrected chi connectivity index (χ2v) is 9.37. The number of alkyl halides is 3. The number of nitrogens with one attached hydrogen (secondary N) is 1. The molecule has 0 bridgehead atoms. The average molecular weight is 620 g/mol. The molecule has 0 saturated heterocycles. The maximum absolute atomic E-state index is 12.7. The summed E-state index contributed by atoms with van der Waals surface area (Å²) in [6.45, 7) is 10.6. The highest BCUT2D eigenvalue weighted by Crippen LogP contribution is 2.32. The summed E-state index contributed by atoms with van der Waals surface area (Å²) in [5.41, 5.74) is 7.91. The van der Waals surface area contributed by atoms with Gasteiger partial charge in [0.15, 0.2) is 5.66 Å². The largest absolute Gasteiger partial charge is 0.453 e. The molecule has 1 atom stereocenters. The van der Waals surface area contributed by atoms with Crippen molar-refractivity contribution in [2.45, 2.75) is 78.4 Å². The van der Waals surface area contributed by atoms with E-state index < -0.39 is 24.2 Å². The molecule has 0 spiro atoms. The van der Waals surface area contributed by atoms with Crippen molar-refractivity contribution in [2.75, 3.05) is 7.11 Å². The molecule has 0 saturated carbocycles. The molecule has 196 valence electrons. The van der Waals surface area contributed by atoms with E-state index in [1.807, 2.05) is 13.8 Å². The molecular formula is C23H37F3IN3O3S. The van der Waals surface area contributed by atoms with Crippen LogP contribution in [0, 0.1) is 16.6 Å². The Morgan fingerprint density at radius 3 is 2.18 bits per heavy atom. The third-order valence-corrected chi connectivity index (χ3v) is 5.22. The van der Waals surface area contributed by atoms with Crippen LogP contribution in [0.4, 0.5) is 18.0 Å². The Labute approximate surface area is 217 Å². The van der Waals surface area contributed by atoms with E-state index >= 15 is 0 Å². The molecule has 1 aromatic rings. The SMILES string of the molecule is CC.CCCC(C)(C)C#CSI.COC(=O)N[C@H](O)CCc1ccc(C(N)(N)C(F)(F)F)cc1. The molecule has 0 aromatic heterocycles. The first-order chi connectivity index (χ1) is 15.7. The standard InChI is InChI=1S/C13H18F3N3O3.C8H13IS.C2H6/c1-22-11(21)19-10(20)7-4-8-2-5-9(6-3-8)12(17,18)13(14,15)16;1-4-5-8(2,3)6-7-10-9;1-2/h2-3,5-6,10,20H,4,7,17-18H2,1H3,(H,19,21);4-5H2,1-3H3;1-2H3/t10-;;/m1../s1. The topological polar surface area (TPSA) is 111 Å². The highest BCUT2D eigenvalue weighted by atomic mass is 127. The zero-order valence-corrected chi connectivity index (χ0v) is 23.5. The highest BCUT2D eigenvalue weighted by Gasteiger charge is 2.50. The predicted octanol–water partition coefficient (Wildman–Crippen LogP) is 5.81. The number of aryl methyl sites for hydroxylation is 1. The maximum atomic E-state index is 12.7. The lowest BCUT2D eigenvalue weighted by atomic mass is 9.89. The third kappa shape index (κ3) is 14.3. The number of amides is 1. The Kier molecular flexibility index (Phi) is 17.8. The summed E-state index contributed by atoms with van der Waals surface area (Å²) in [6.07, 6.45) is -3.75. The monoisotopic (exact) mass is 619 g/mol. The number of hydrogen-bond acceptors (Lipinski definition) is 6. The maximum Gasteiger partial charge on any atom is 0.423 e. The van der Waals surface area contributed by atoms with Crippen LogP contribution < -0.4 is 16.8 Å². The Morgan fingerprint density at radius 1 is 1.24 bits per heavy atom. The number of methoxy groups -OCH3 is 1. The first-order valence-electron chi connectivity index (χ1n) is 10.8. The molecular weight excluding hydrogens is 582 g/mol. The summed E-state index contributed by atoms with van der Waals surface area (Å²) < 4.78 is 42.4. The summed E-state index contributed by atoms with van der Waals surface area (Å²) in [6, 6.07) is 5.23. The lowest BCUT2D eigenvalue weighted by Gasteiger charge is -2.27. The van der Waals surface area contributed by atoms with Gasteiger partial charge in [-0.1, -0.05) is 57.4 Å². The normalized spacial score (nSPS) is 12.0. The van der Waals surface area contributed by atoms with Gasteiger partial charge in [0.05, 0.1) is 7.11 Å². The van der Waals surface area contributed by atoms with E-state index in [4.69, 9.17) is 11.5 Å². The molecule has 1 aromatic carbocycles. The number of ether oxygens (including phenoxy) is 1. The molecule has 0 aliphatic heterocycles. The van der Waals surface area contributed by atoms with Gasteiger partial charge < -0.3 is 21.3 Å². The number of alkyl carbamates (subject to hydrolysis) is 1. The first kappa shape index (κ1) is 35.0. The van der Waals surface area contributed by atoms with Crippen molar-refractivity contribution >= 4 is 36.2 Å². The van der Waals surface area contributed by atoms with E-state index in [2.05, 4.69) is 63.2 Å². The molecule has 6 N–H and O–H groups in total. The van der Waals surface area contributed by atoms with Crippen molar-refractivity contribution in [1.82, 2.24) is 5.32 Å². The molecule has 0 aliphatic rings. The van der Waals surface area contributed by atoms with Gasteiger partial charge >= 0.3 is 12.3 Å². The molecule has 11 heteroatoms. The Balaban J connectivity index is 0. The lowest BCUT2D eigenvalue weighted by Crippen LogP contribution is -2.57. The lowest BCUT2D eigenvalue weighted by molar-refractivity contribution is -0.188. The zero-order valence-electron chi connectivity index (χ0n) is 20.6. The molecule has 6 nitrogen and oxygen atoms in total. The first-order valence-corrected chi connectivity index (χ1v) is 14.1. The number of carbonyl (C=O) groups excluding carboxylic acids is 1. The summed E-state index contributed by atoms with van der Waals surface area (Å²) in [5.74, 6) is 3.22. The molecule has 34 heavy (non-hydrogen) atoms. The molecule has 0 fully saturated rings. The average Bonchev–Trinajstić information content (AvgIpc) is 2.77. The van der Waals surface area contributed by atoms with Crippen molar-refractivity contribution in [3.8, 4) is 11.2 Å². The van der Waals surface area contributed by atoms with Crippen molar-refractivity contribution in [3.63, 3.8) is 0 Å². The van der Waals surface area contributed by atoms with Crippen LogP contribution in [0.3, 0.4) is 0 Å². The zero-order chi connectivity index (χ0) is 27.0. The fourth-order valence-corrected chi connectivity index (χ4v) is 3.17.